The summed E-state index contributed by atoms with van der Waals surface area (Å²) in [4.78, 5) is 38.4. The standard InChI is InChI=1S/C22H21ClN2O5/c1-4-13(2)30-19-17(23)11-14(12-18(19)29-3)10-16-20(26)24-22(28)25(21(16)27)15-8-6-5-7-9-15/h5-13H,4H2,1-3H3,(H,24,26,28)/b16-10+/t13-/m1/s1. The number of carbonyl (C=O) groups excluding carboxylic acids is 3. The Morgan fingerprint density at radius 1 is 1.17 bits per heavy atom. The van der Waals surface area contributed by atoms with Gasteiger partial charge in [-0.05, 0) is 49.2 Å². The van der Waals surface area contributed by atoms with Gasteiger partial charge in [-0.25, -0.2) is 9.69 Å². The summed E-state index contributed by atoms with van der Waals surface area (Å²) in [5.74, 6) is -0.761. The molecular formula is C22H21ClN2O5. The van der Waals surface area contributed by atoms with Crippen LogP contribution in [-0.2, 0) is 9.59 Å². The number of ether oxygens (including phenoxy) is 2. The molecule has 30 heavy (non-hydrogen) atoms. The molecule has 0 aromatic heterocycles. The van der Waals surface area contributed by atoms with Crippen LogP contribution in [0.4, 0.5) is 10.5 Å². The van der Waals surface area contributed by atoms with E-state index in [1.165, 1.54) is 13.2 Å². The lowest BCUT2D eigenvalue weighted by Gasteiger charge is -2.26. The third-order valence-corrected chi connectivity index (χ3v) is 4.85. The fourth-order valence-electron chi connectivity index (χ4n) is 2.86. The Morgan fingerprint density at radius 3 is 2.50 bits per heavy atom. The zero-order chi connectivity index (χ0) is 21.8. The molecule has 8 heteroatoms. The smallest absolute Gasteiger partial charge is 0.335 e. The molecule has 0 saturated carbocycles. The van der Waals surface area contributed by atoms with E-state index in [2.05, 4.69) is 5.32 Å². The number of hydrogen-bond donors (Lipinski definition) is 1. The van der Waals surface area contributed by atoms with Crippen LogP contribution in [0.5, 0.6) is 11.5 Å². The minimum atomic E-state index is -0.804. The predicted molar refractivity (Wildman–Crippen MR) is 114 cm³/mol. The molecule has 1 aliphatic rings. The normalized spacial score (nSPS) is 16.5. The topological polar surface area (TPSA) is 84.9 Å². The van der Waals surface area contributed by atoms with Crippen molar-refractivity contribution in [2.24, 2.45) is 0 Å². The van der Waals surface area contributed by atoms with Crippen LogP contribution in [0.25, 0.3) is 6.08 Å². The lowest BCUT2D eigenvalue weighted by molar-refractivity contribution is -0.122. The summed E-state index contributed by atoms with van der Waals surface area (Å²) >= 11 is 6.37. The summed E-state index contributed by atoms with van der Waals surface area (Å²) in [5, 5.41) is 2.47. The zero-order valence-electron chi connectivity index (χ0n) is 16.8. The van der Waals surface area contributed by atoms with Crippen molar-refractivity contribution in [3.8, 4) is 11.5 Å². The zero-order valence-corrected chi connectivity index (χ0v) is 17.5. The van der Waals surface area contributed by atoms with Crippen molar-refractivity contribution in [2.45, 2.75) is 26.4 Å². The average molecular weight is 429 g/mol. The van der Waals surface area contributed by atoms with Crippen molar-refractivity contribution < 1.29 is 23.9 Å². The summed E-state index contributed by atoms with van der Waals surface area (Å²) in [7, 11) is 1.47. The maximum absolute atomic E-state index is 12.9. The average Bonchev–Trinajstić information content (AvgIpc) is 2.73. The van der Waals surface area contributed by atoms with E-state index in [-0.39, 0.29) is 16.7 Å². The molecule has 1 fully saturated rings. The summed E-state index contributed by atoms with van der Waals surface area (Å²) in [6, 6.07) is 10.7. The van der Waals surface area contributed by atoms with Gasteiger partial charge in [0.25, 0.3) is 11.8 Å². The van der Waals surface area contributed by atoms with E-state index >= 15 is 0 Å². The van der Waals surface area contributed by atoms with E-state index in [4.69, 9.17) is 21.1 Å². The first-order valence-corrected chi connectivity index (χ1v) is 9.74. The highest BCUT2D eigenvalue weighted by Gasteiger charge is 2.36. The number of urea groups is 1. The van der Waals surface area contributed by atoms with E-state index in [9.17, 15) is 14.4 Å². The summed E-state index contributed by atoms with van der Waals surface area (Å²) in [6.45, 7) is 3.89. The molecule has 3 rings (SSSR count). The van der Waals surface area contributed by atoms with Crippen LogP contribution < -0.4 is 19.7 Å². The van der Waals surface area contributed by atoms with Crippen molar-refractivity contribution in [2.75, 3.05) is 12.0 Å². The fourth-order valence-corrected chi connectivity index (χ4v) is 3.12. The maximum Gasteiger partial charge on any atom is 0.335 e. The minimum Gasteiger partial charge on any atom is -0.493 e. The van der Waals surface area contributed by atoms with Gasteiger partial charge in [-0.3, -0.25) is 14.9 Å². The molecule has 2 aromatic rings. The SMILES string of the molecule is CC[C@@H](C)Oc1c(Cl)cc(/C=C2\C(=O)NC(=O)N(c3ccccc3)C2=O)cc1OC. The van der Waals surface area contributed by atoms with Gasteiger partial charge in [-0.2, -0.15) is 0 Å². The number of nitrogens with zero attached hydrogens (tertiary/aromatic N) is 1. The largest absolute Gasteiger partial charge is 0.493 e. The van der Waals surface area contributed by atoms with E-state index in [0.29, 0.717) is 22.7 Å². The number of anilines is 1. The number of rotatable bonds is 6. The van der Waals surface area contributed by atoms with Gasteiger partial charge in [0, 0.05) is 0 Å². The van der Waals surface area contributed by atoms with E-state index < -0.39 is 17.8 Å². The predicted octanol–water partition coefficient (Wildman–Crippen LogP) is 4.19. The molecule has 1 saturated heterocycles. The second kappa shape index (κ2) is 9.00. The molecule has 0 spiro atoms. The van der Waals surface area contributed by atoms with E-state index in [1.807, 2.05) is 13.8 Å². The van der Waals surface area contributed by atoms with Gasteiger partial charge < -0.3 is 9.47 Å². The quantitative estimate of drug-likeness (QED) is 0.550. The number of carbonyl (C=O) groups is 3. The fraction of sp³-hybridized carbons (Fsp3) is 0.227. The highest BCUT2D eigenvalue weighted by Crippen LogP contribution is 2.38. The molecule has 2 aromatic carbocycles. The lowest BCUT2D eigenvalue weighted by atomic mass is 10.1. The Balaban J connectivity index is 2.00. The third kappa shape index (κ3) is 4.31. The second-order valence-electron chi connectivity index (χ2n) is 6.66. The first-order valence-electron chi connectivity index (χ1n) is 9.36. The number of barbiturate groups is 1. The number of halogens is 1. The van der Waals surface area contributed by atoms with Gasteiger partial charge in [0.15, 0.2) is 11.5 Å². The van der Waals surface area contributed by atoms with Gasteiger partial charge in [0.05, 0.1) is 23.9 Å². The molecule has 0 aliphatic carbocycles. The highest BCUT2D eigenvalue weighted by atomic mass is 35.5. The number of hydrogen-bond acceptors (Lipinski definition) is 5. The number of imide groups is 2. The Labute approximate surface area is 179 Å². The molecule has 0 radical (unpaired) electrons. The van der Waals surface area contributed by atoms with Crippen molar-refractivity contribution in [1.82, 2.24) is 5.32 Å². The maximum atomic E-state index is 12.9. The molecule has 1 atom stereocenters. The van der Waals surface area contributed by atoms with Crippen molar-refractivity contribution in [1.29, 1.82) is 0 Å². The molecule has 0 bridgehead atoms. The van der Waals surface area contributed by atoms with Crippen LogP contribution in [0, 0.1) is 0 Å². The van der Waals surface area contributed by atoms with Crippen LogP contribution in [0.15, 0.2) is 48.0 Å². The van der Waals surface area contributed by atoms with Crippen molar-refractivity contribution in [3.63, 3.8) is 0 Å². The summed E-state index contributed by atoms with van der Waals surface area (Å²) in [5.41, 5.74) is 0.604. The van der Waals surface area contributed by atoms with Crippen molar-refractivity contribution >= 4 is 41.2 Å². The highest BCUT2D eigenvalue weighted by molar-refractivity contribution is 6.39. The van der Waals surface area contributed by atoms with Crippen molar-refractivity contribution in [3.05, 3.63) is 58.6 Å². The van der Waals surface area contributed by atoms with Gasteiger partial charge in [-0.15, -0.1) is 0 Å². The van der Waals surface area contributed by atoms with Crippen LogP contribution in [0.1, 0.15) is 25.8 Å². The minimum absolute atomic E-state index is 0.0725. The molecule has 1 heterocycles. The number of para-hydroxylation sites is 1. The molecule has 7 nitrogen and oxygen atoms in total. The second-order valence-corrected chi connectivity index (χ2v) is 7.07. The van der Waals surface area contributed by atoms with Gasteiger partial charge in [0.1, 0.15) is 5.57 Å². The number of benzene rings is 2. The van der Waals surface area contributed by atoms with Crippen LogP contribution in [0.2, 0.25) is 5.02 Å². The molecule has 4 amide bonds. The Hall–Kier alpha value is -3.32. The van der Waals surface area contributed by atoms with Crippen LogP contribution in [0.3, 0.4) is 0 Å². The first kappa shape index (κ1) is 21.4. The van der Waals surface area contributed by atoms with Crippen LogP contribution in [-0.4, -0.2) is 31.1 Å². The van der Waals surface area contributed by atoms with E-state index in [1.54, 1.807) is 42.5 Å². The summed E-state index contributed by atoms with van der Waals surface area (Å²) in [6.07, 6.45) is 2.07. The van der Waals surface area contributed by atoms with E-state index in [0.717, 1.165) is 11.3 Å². The lowest BCUT2D eigenvalue weighted by Crippen LogP contribution is -2.54. The summed E-state index contributed by atoms with van der Waals surface area (Å²) < 4.78 is 11.2. The number of methoxy groups -OCH3 is 1. The third-order valence-electron chi connectivity index (χ3n) is 4.57. The van der Waals surface area contributed by atoms with Gasteiger partial charge in [-0.1, -0.05) is 36.7 Å². The molecule has 156 valence electrons. The molecular weight excluding hydrogens is 408 g/mol. The Morgan fingerprint density at radius 2 is 1.87 bits per heavy atom. The van der Waals surface area contributed by atoms with Gasteiger partial charge in [0.2, 0.25) is 0 Å². The Bertz CT molecular complexity index is 1020. The van der Waals surface area contributed by atoms with Gasteiger partial charge >= 0.3 is 6.03 Å². The monoisotopic (exact) mass is 428 g/mol. The molecule has 1 aliphatic heterocycles. The molecule has 0 unspecified atom stereocenters. The Kier molecular flexibility index (Phi) is 6.42. The number of amides is 4. The number of nitrogens with one attached hydrogen (secondary N) is 1. The van der Waals surface area contributed by atoms with Crippen LogP contribution >= 0.6 is 11.6 Å². The first-order chi connectivity index (χ1) is 14.3. The molecule has 1 N–H and O–H groups in total.